The molecule has 1 aromatic carbocycles. The van der Waals surface area contributed by atoms with Crippen molar-refractivity contribution in [2.24, 2.45) is 5.73 Å². The second-order valence-corrected chi connectivity index (χ2v) is 8.65. The van der Waals surface area contributed by atoms with Gasteiger partial charge in [0.05, 0.1) is 18.1 Å². The molecular formula is C22H21BrN2O3S. The second kappa shape index (κ2) is 8.16. The average Bonchev–Trinajstić information content (AvgIpc) is 3.23. The molecule has 1 aliphatic heterocycles. The van der Waals surface area contributed by atoms with E-state index >= 15 is 0 Å². The van der Waals surface area contributed by atoms with Gasteiger partial charge in [0, 0.05) is 27.9 Å². The first-order valence-corrected chi connectivity index (χ1v) is 11.3. The monoisotopic (exact) mass is 472 g/mol. The van der Waals surface area contributed by atoms with Gasteiger partial charge in [-0.05, 0) is 66.4 Å². The number of hydrogen-bond acceptors (Lipinski definition) is 6. The van der Waals surface area contributed by atoms with Crippen LogP contribution >= 0.6 is 27.3 Å². The molecule has 5 nitrogen and oxygen atoms in total. The molecule has 4 rings (SSSR count). The summed E-state index contributed by atoms with van der Waals surface area (Å²) >= 11 is 4.99. The molecule has 0 amide bonds. The lowest BCUT2D eigenvalue weighted by molar-refractivity contribution is -0.138. The number of carbonyl (C=O) groups is 2. The fourth-order valence-electron chi connectivity index (χ4n) is 4.05. The summed E-state index contributed by atoms with van der Waals surface area (Å²) in [5, 5.41) is 3.92. The summed E-state index contributed by atoms with van der Waals surface area (Å²) in [6.07, 6.45) is 1.97. The number of allylic oxidation sites excluding steroid dienone is 2. The minimum atomic E-state index is -0.491. The van der Waals surface area contributed by atoms with Crippen LogP contribution in [0.4, 0.5) is 5.69 Å². The summed E-state index contributed by atoms with van der Waals surface area (Å²) in [6, 6.07) is 9.64. The van der Waals surface area contributed by atoms with Crippen LogP contribution in [0, 0.1) is 0 Å². The summed E-state index contributed by atoms with van der Waals surface area (Å²) < 4.78 is 6.30. The van der Waals surface area contributed by atoms with Gasteiger partial charge in [0.15, 0.2) is 5.78 Å². The van der Waals surface area contributed by atoms with Crippen molar-refractivity contribution in [3.63, 3.8) is 0 Å². The van der Waals surface area contributed by atoms with Crippen LogP contribution in [0.25, 0.3) is 0 Å². The van der Waals surface area contributed by atoms with Gasteiger partial charge < -0.3 is 10.5 Å². The number of ether oxygens (including phenoxy) is 1. The minimum Gasteiger partial charge on any atom is -0.463 e. The highest BCUT2D eigenvalue weighted by Gasteiger charge is 2.43. The maximum atomic E-state index is 13.1. The lowest BCUT2D eigenvalue weighted by Crippen LogP contribution is -2.41. The van der Waals surface area contributed by atoms with Crippen molar-refractivity contribution in [3.05, 3.63) is 73.8 Å². The molecule has 1 unspecified atom stereocenters. The number of benzene rings is 1. The molecule has 7 heteroatoms. The van der Waals surface area contributed by atoms with E-state index in [1.807, 2.05) is 46.0 Å². The first kappa shape index (κ1) is 19.9. The maximum absolute atomic E-state index is 13.1. The van der Waals surface area contributed by atoms with Crippen molar-refractivity contribution < 1.29 is 14.3 Å². The fourth-order valence-corrected chi connectivity index (χ4v) is 5.00. The van der Waals surface area contributed by atoms with E-state index in [1.54, 1.807) is 6.92 Å². The Kier molecular flexibility index (Phi) is 5.61. The van der Waals surface area contributed by atoms with Crippen LogP contribution in [0.5, 0.6) is 0 Å². The molecular weight excluding hydrogens is 452 g/mol. The number of rotatable bonds is 4. The van der Waals surface area contributed by atoms with Crippen LogP contribution in [-0.4, -0.2) is 18.4 Å². The quantitative estimate of drug-likeness (QED) is 0.643. The molecule has 2 aliphatic rings. The van der Waals surface area contributed by atoms with Gasteiger partial charge in [-0.25, -0.2) is 4.79 Å². The van der Waals surface area contributed by atoms with Crippen LogP contribution in [0.1, 0.15) is 37.7 Å². The number of Topliss-reactive ketones (excluding diaryl/α,β-unsaturated/α-hetero) is 1. The highest BCUT2D eigenvalue weighted by molar-refractivity contribution is 9.10. The third-order valence-corrected chi connectivity index (χ3v) is 6.48. The highest BCUT2D eigenvalue weighted by Crippen LogP contribution is 2.47. The van der Waals surface area contributed by atoms with Gasteiger partial charge in [-0.2, -0.15) is 11.3 Å². The molecule has 1 aromatic heterocycles. The number of carbonyl (C=O) groups excluding carboxylic acids is 2. The number of esters is 1. The van der Waals surface area contributed by atoms with Gasteiger partial charge in [0.25, 0.3) is 0 Å². The molecule has 2 aromatic rings. The minimum absolute atomic E-state index is 0.0684. The molecule has 0 fully saturated rings. The predicted octanol–water partition coefficient (Wildman–Crippen LogP) is 4.85. The average molecular weight is 473 g/mol. The van der Waals surface area contributed by atoms with E-state index in [-0.39, 0.29) is 12.4 Å². The molecule has 1 atom stereocenters. The molecule has 1 aliphatic carbocycles. The molecule has 2 N–H and O–H groups in total. The van der Waals surface area contributed by atoms with Crippen molar-refractivity contribution in [3.8, 4) is 0 Å². The fraction of sp³-hybridized carbons (Fsp3) is 0.273. The van der Waals surface area contributed by atoms with Crippen molar-refractivity contribution in [1.82, 2.24) is 0 Å². The van der Waals surface area contributed by atoms with Gasteiger partial charge in [-0.15, -0.1) is 0 Å². The number of halogens is 1. The van der Waals surface area contributed by atoms with Gasteiger partial charge in [-0.3, -0.25) is 9.69 Å². The number of anilines is 1. The standard InChI is InChI=1S/C22H21BrN2O3S/c1-2-28-22(27)20-18(13-10-11-29-12-13)19-16(4-3-5-17(19)26)25(21(20)24)15-8-6-14(23)7-9-15/h6-12,18H,2-5,24H2,1H3. The van der Waals surface area contributed by atoms with E-state index in [0.717, 1.165) is 34.3 Å². The Hall–Kier alpha value is -2.38. The number of hydrogen-bond donors (Lipinski definition) is 1. The zero-order valence-electron chi connectivity index (χ0n) is 16.0. The zero-order chi connectivity index (χ0) is 20.5. The Morgan fingerprint density at radius 1 is 1.28 bits per heavy atom. The summed E-state index contributed by atoms with van der Waals surface area (Å²) in [6.45, 7) is 2.00. The largest absolute Gasteiger partial charge is 0.463 e. The van der Waals surface area contributed by atoms with Gasteiger partial charge in [0.1, 0.15) is 5.82 Å². The number of nitrogens with two attached hydrogens (primary N) is 1. The first-order valence-electron chi connectivity index (χ1n) is 9.53. The van der Waals surface area contributed by atoms with Crippen molar-refractivity contribution >= 4 is 44.7 Å². The SMILES string of the molecule is CCOC(=O)C1=C(N)N(c2ccc(Br)cc2)C2=C(C(=O)CCC2)C1c1ccsc1. The Labute approximate surface area is 182 Å². The lowest BCUT2D eigenvalue weighted by atomic mass is 9.76. The van der Waals surface area contributed by atoms with Crippen molar-refractivity contribution in [2.45, 2.75) is 32.1 Å². The molecule has 150 valence electrons. The summed E-state index contributed by atoms with van der Waals surface area (Å²) in [4.78, 5) is 28.0. The number of nitrogens with zero attached hydrogens (tertiary/aromatic N) is 1. The third-order valence-electron chi connectivity index (χ3n) is 5.25. The van der Waals surface area contributed by atoms with Crippen LogP contribution in [-0.2, 0) is 14.3 Å². The molecule has 0 saturated heterocycles. The zero-order valence-corrected chi connectivity index (χ0v) is 18.4. The van der Waals surface area contributed by atoms with E-state index < -0.39 is 11.9 Å². The van der Waals surface area contributed by atoms with Crippen molar-refractivity contribution in [2.75, 3.05) is 11.5 Å². The van der Waals surface area contributed by atoms with Crippen LogP contribution in [0.3, 0.4) is 0 Å². The Morgan fingerprint density at radius 2 is 2.03 bits per heavy atom. The second-order valence-electron chi connectivity index (χ2n) is 6.96. The molecule has 0 bridgehead atoms. The summed E-state index contributed by atoms with van der Waals surface area (Å²) in [7, 11) is 0. The predicted molar refractivity (Wildman–Crippen MR) is 117 cm³/mol. The highest BCUT2D eigenvalue weighted by atomic mass is 79.9. The smallest absolute Gasteiger partial charge is 0.338 e. The molecule has 29 heavy (non-hydrogen) atoms. The number of thiophene rings is 1. The van der Waals surface area contributed by atoms with E-state index in [0.29, 0.717) is 23.4 Å². The van der Waals surface area contributed by atoms with Gasteiger partial charge >= 0.3 is 5.97 Å². The Morgan fingerprint density at radius 3 is 2.69 bits per heavy atom. The van der Waals surface area contributed by atoms with Crippen molar-refractivity contribution in [1.29, 1.82) is 0 Å². The summed E-state index contributed by atoms with van der Waals surface area (Å²) in [5.41, 5.74) is 10.2. The van der Waals surface area contributed by atoms with Crippen LogP contribution in [0.15, 0.2) is 68.2 Å². The Balaban J connectivity index is 1.97. The number of ketones is 1. The van der Waals surface area contributed by atoms with E-state index in [4.69, 9.17) is 10.5 Å². The normalized spacial score (nSPS) is 19.4. The lowest BCUT2D eigenvalue weighted by Gasteiger charge is -2.40. The molecule has 2 heterocycles. The van der Waals surface area contributed by atoms with E-state index in [2.05, 4.69) is 15.9 Å². The topological polar surface area (TPSA) is 72.6 Å². The van der Waals surface area contributed by atoms with Gasteiger partial charge in [0.2, 0.25) is 0 Å². The van der Waals surface area contributed by atoms with Gasteiger partial charge in [-0.1, -0.05) is 15.9 Å². The van der Waals surface area contributed by atoms with Crippen LogP contribution in [0.2, 0.25) is 0 Å². The maximum Gasteiger partial charge on any atom is 0.338 e. The molecule has 0 saturated carbocycles. The summed E-state index contributed by atoms with van der Waals surface area (Å²) in [5.74, 6) is -0.572. The van der Waals surface area contributed by atoms with E-state index in [9.17, 15) is 9.59 Å². The Bertz CT molecular complexity index is 1010. The molecule has 0 spiro atoms. The molecule has 0 radical (unpaired) electrons. The third kappa shape index (κ3) is 3.53. The first-order chi connectivity index (χ1) is 14.0. The van der Waals surface area contributed by atoms with Crippen LogP contribution < -0.4 is 10.6 Å². The van der Waals surface area contributed by atoms with E-state index in [1.165, 1.54) is 11.3 Å².